The molecule has 6 heteroatoms. The number of phenols is 1. The minimum Gasteiger partial charge on any atom is -0.508 e. The number of amides is 2. The summed E-state index contributed by atoms with van der Waals surface area (Å²) < 4.78 is 5.73. The molecule has 3 heterocycles. The van der Waals surface area contributed by atoms with E-state index in [9.17, 15) is 14.7 Å². The van der Waals surface area contributed by atoms with Crippen molar-refractivity contribution in [3.8, 4) is 5.75 Å². The van der Waals surface area contributed by atoms with Crippen molar-refractivity contribution in [2.24, 2.45) is 5.41 Å². The maximum atomic E-state index is 12.7. The Morgan fingerprint density at radius 2 is 2.07 bits per heavy atom. The van der Waals surface area contributed by atoms with Gasteiger partial charge in [-0.1, -0.05) is 12.1 Å². The zero-order valence-electron chi connectivity index (χ0n) is 16.4. The SMILES string of the molecule is O=C(Cc1cccc(O)c1)N1CCC2(CCC(=O)N(C[C@@H]3CCCO3)C2)CC1. The number of hydrogen-bond acceptors (Lipinski definition) is 4. The predicted molar refractivity (Wildman–Crippen MR) is 105 cm³/mol. The number of rotatable bonds is 4. The van der Waals surface area contributed by atoms with Crippen molar-refractivity contribution < 1.29 is 19.4 Å². The largest absolute Gasteiger partial charge is 0.508 e. The maximum absolute atomic E-state index is 12.7. The van der Waals surface area contributed by atoms with Gasteiger partial charge in [0.2, 0.25) is 11.8 Å². The average molecular weight is 386 g/mol. The summed E-state index contributed by atoms with van der Waals surface area (Å²) in [5, 5.41) is 9.58. The number of piperidine rings is 2. The lowest BCUT2D eigenvalue weighted by Gasteiger charge is -2.47. The van der Waals surface area contributed by atoms with E-state index in [0.29, 0.717) is 12.8 Å². The van der Waals surface area contributed by atoms with Crippen LogP contribution in [0, 0.1) is 5.41 Å². The highest BCUT2D eigenvalue weighted by Gasteiger charge is 2.42. The average Bonchev–Trinajstić information content (AvgIpc) is 3.19. The van der Waals surface area contributed by atoms with Gasteiger partial charge in [-0.05, 0) is 55.2 Å². The Balaban J connectivity index is 1.32. The van der Waals surface area contributed by atoms with Gasteiger partial charge >= 0.3 is 0 Å². The Labute approximate surface area is 166 Å². The van der Waals surface area contributed by atoms with Crippen molar-refractivity contribution in [2.45, 2.75) is 51.0 Å². The molecule has 3 saturated heterocycles. The van der Waals surface area contributed by atoms with Gasteiger partial charge in [-0.25, -0.2) is 0 Å². The Kier molecular flexibility index (Phi) is 5.58. The number of hydrogen-bond donors (Lipinski definition) is 1. The molecular weight excluding hydrogens is 356 g/mol. The van der Waals surface area contributed by atoms with Gasteiger partial charge < -0.3 is 19.6 Å². The summed E-state index contributed by atoms with van der Waals surface area (Å²) >= 11 is 0. The number of ether oxygens (including phenoxy) is 1. The Hall–Kier alpha value is -2.08. The van der Waals surface area contributed by atoms with Crippen LogP contribution in [0.5, 0.6) is 5.75 Å². The second-order valence-corrected chi connectivity index (χ2v) is 8.64. The molecule has 3 aliphatic heterocycles. The molecule has 1 aromatic carbocycles. The fourth-order valence-corrected chi connectivity index (χ4v) is 4.89. The van der Waals surface area contributed by atoms with Gasteiger partial charge in [-0.2, -0.15) is 0 Å². The van der Waals surface area contributed by atoms with Crippen molar-refractivity contribution in [1.82, 2.24) is 9.80 Å². The topological polar surface area (TPSA) is 70.1 Å². The monoisotopic (exact) mass is 386 g/mol. The minimum absolute atomic E-state index is 0.114. The molecule has 0 bridgehead atoms. The lowest BCUT2D eigenvalue weighted by atomic mass is 9.72. The molecule has 2 amide bonds. The zero-order valence-corrected chi connectivity index (χ0v) is 16.4. The summed E-state index contributed by atoms with van der Waals surface area (Å²) in [6.45, 7) is 3.84. The maximum Gasteiger partial charge on any atom is 0.226 e. The number of nitrogens with zero attached hydrogens (tertiary/aromatic N) is 2. The van der Waals surface area contributed by atoms with Crippen LogP contribution in [-0.2, 0) is 20.7 Å². The van der Waals surface area contributed by atoms with E-state index in [1.807, 2.05) is 15.9 Å². The first-order valence-corrected chi connectivity index (χ1v) is 10.5. The highest BCUT2D eigenvalue weighted by atomic mass is 16.5. The van der Waals surface area contributed by atoms with Crippen LogP contribution in [0.2, 0.25) is 0 Å². The fourth-order valence-electron chi connectivity index (χ4n) is 4.89. The molecule has 0 unspecified atom stereocenters. The number of phenolic OH excluding ortho intramolecular Hbond substituents is 1. The van der Waals surface area contributed by atoms with E-state index in [-0.39, 0.29) is 29.1 Å². The fraction of sp³-hybridized carbons (Fsp3) is 0.636. The van der Waals surface area contributed by atoms with Crippen LogP contribution in [0.4, 0.5) is 0 Å². The number of carbonyl (C=O) groups excluding carboxylic acids is 2. The normalized spacial score (nSPS) is 24.7. The van der Waals surface area contributed by atoms with Crippen LogP contribution in [0.15, 0.2) is 24.3 Å². The molecule has 1 aromatic rings. The van der Waals surface area contributed by atoms with Crippen molar-refractivity contribution in [1.29, 1.82) is 0 Å². The molecule has 3 fully saturated rings. The van der Waals surface area contributed by atoms with E-state index >= 15 is 0 Å². The Bertz CT molecular complexity index is 721. The summed E-state index contributed by atoms with van der Waals surface area (Å²) in [6, 6.07) is 6.91. The van der Waals surface area contributed by atoms with Gasteiger partial charge in [0.1, 0.15) is 5.75 Å². The summed E-state index contributed by atoms with van der Waals surface area (Å²) in [5.41, 5.74) is 0.991. The summed E-state index contributed by atoms with van der Waals surface area (Å²) in [7, 11) is 0. The second kappa shape index (κ2) is 8.11. The molecular formula is C22H30N2O4. The highest BCUT2D eigenvalue weighted by molar-refractivity contribution is 5.79. The van der Waals surface area contributed by atoms with Crippen LogP contribution in [-0.4, -0.2) is 65.6 Å². The first kappa shape index (κ1) is 19.2. The highest BCUT2D eigenvalue weighted by Crippen LogP contribution is 2.40. The molecule has 3 aliphatic rings. The predicted octanol–water partition coefficient (Wildman–Crippen LogP) is 2.34. The first-order valence-electron chi connectivity index (χ1n) is 10.5. The molecule has 0 aliphatic carbocycles. The number of benzene rings is 1. The van der Waals surface area contributed by atoms with Gasteiger partial charge in [0.05, 0.1) is 12.5 Å². The molecule has 28 heavy (non-hydrogen) atoms. The van der Waals surface area contributed by atoms with Crippen molar-refractivity contribution in [2.75, 3.05) is 32.8 Å². The number of likely N-dealkylation sites (tertiary alicyclic amines) is 2. The molecule has 6 nitrogen and oxygen atoms in total. The molecule has 0 saturated carbocycles. The molecule has 1 spiro atoms. The van der Waals surface area contributed by atoms with Gasteiger partial charge in [0.25, 0.3) is 0 Å². The van der Waals surface area contributed by atoms with E-state index in [0.717, 1.165) is 70.5 Å². The van der Waals surface area contributed by atoms with Crippen LogP contribution in [0.3, 0.4) is 0 Å². The van der Waals surface area contributed by atoms with Crippen LogP contribution >= 0.6 is 0 Å². The first-order chi connectivity index (χ1) is 13.5. The van der Waals surface area contributed by atoms with Crippen molar-refractivity contribution >= 4 is 11.8 Å². The third-order valence-electron chi connectivity index (χ3n) is 6.64. The van der Waals surface area contributed by atoms with Gasteiger partial charge in [0.15, 0.2) is 0 Å². The van der Waals surface area contributed by atoms with Gasteiger partial charge in [-0.15, -0.1) is 0 Å². The Morgan fingerprint density at radius 1 is 1.25 bits per heavy atom. The summed E-state index contributed by atoms with van der Waals surface area (Å²) in [4.78, 5) is 29.0. The van der Waals surface area contributed by atoms with E-state index in [1.165, 1.54) is 0 Å². The van der Waals surface area contributed by atoms with Crippen LogP contribution in [0.1, 0.15) is 44.1 Å². The molecule has 1 atom stereocenters. The summed E-state index contributed by atoms with van der Waals surface area (Å²) in [5.74, 6) is 0.563. The van der Waals surface area contributed by atoms with Crippen molar-refractivity contribution in [3.05, 3.63) is 29.8 Å². The third-order valence-corrected chi connectivity index (χ3v) is 6.64. The number of carbonyl (C=O) groups is 2. The quantitative estimate of drug-likeness (QED) is 0.862. The van der Waals surface area contributed by atoms with E-state index in [4.69, 9.17) is 4.74 Å². The lowest BCUT2D eigenvalue weighted by Crippen LogP contribution is -2.53. The molecule has 4 rings (SSSR count). The third kappa shape index (κ3) is 4.32. The van der Waals surface area contributed by atoms with Crippen LogP contribution in [0.25, 0.3) is 0 Å². The lowest BCUT2D eigenvalue weighted by molar-refractivity contribution is -0.143. The van der Waals surface area contributed by atoms with Crippen molar-refractivity contribution in [3.63, 3.8) is 0 Å². The van der Waals surface area contributed by atoms with E-state index < -0.39 is 0 Å². The second-order valence-electron chi connectivity index (χ2n) is 8.64. The molecule has 0 radical (unpaired) electrons. The van der Waals surface area contributed by atoms with E-state index in [1.54, 1.807) is 18.2 Å². The standard InChI is InChI=1S/C22H30N2O4/c25-18-4-1-3-17(13-18)14-21(27)23-10-8-22(9-11-23)7-6-20(26)24(16-22)15-19-5-2-12-28-19/h1,3-4,13,19,25H,2,5-12,14-16H2/t19-/m0/s1. The molecule has 1 N–H and O–H groups in total. The molecule has 152 valence electrons. The van der Waals surface area contributed by atoms with Gasteiger partial charge in [-0.3, -0.25) is 9.59 Å². The Morgan fingerprint density at radius 3 is 2.79 bits per heavy atom. The van der Waals surface area contributed by atoms with Crippen LogP contribution < -0.4 is 0 Å². The zero-order chi connectivity index (χ0) is 19.6. The van der Waals surface area contributed by atoms with Gasteiger partial charge in [0, 0.05) is 39.2 Å². The smallest absolute Gasteiger partial charge is 0.226 e. The number of aromatic hydroxyl groups is 1. The van der Waals surface area contributed by atoms with E-state index in [2.05, 4.69) is 0 Å². The summed E-state index contributed by atoms with van der Waals surface area (Å²) in [6.07, 6.45) is 6.12. The minimum atomic E-state index is 0.114. The molecule has 0 aromatic heterocycles.